The normalized spacial score (nSPS) is 26.4. The summed E-state index contributed by atoms with van der Waals surface area (Å²) < 4.78 is 0. The Morgan fingerprint density at radius 1 is 1.14 bits per heavy atom. The van der Waals surface area contributed by atoms with Gasteiger partial charge in [-0.2, -0.15) is 0 Å². The monoisotopic (exact) mass is 301 g/mol. The van der Waals surface area contributed by atoms with Gasteiger partial charge in [0.15, 0.2) is 0 Å². The quantitative estimate of drug-likeness (QED) is 0.928. The Labute approximate surface area is 131 Å². The highest BCUT2D eigenvalue weighted by atomic mass is 16.4. The predicted molar refractivity (Wildman–Crippen MR) is 83.2 cm³/mol. The van der Waals surface area contributed by atoms with E-state index in [0.717, 1.165) is 18.4 Å². The van der Waals surface area contributed by atoms with Crippen LogP contribution in [0, 0.1) is 11.8 Å². The highest BCUT2D eigenvalue weighted by Gasteiger charge is 2.45. The summed E-state index contributed by atoms with van der Waals surface area (Å²) in [4.78, 5) is 25.8. The lowest BCUT2D eigenvalue weighted by molar-refractivity contribution is -0.142. The molecule has 0 bridgehead atoms. The average Bonchev–Trinajstić information content (AvgIpc) is 2.86. The molecule has 0 spiro atoms. The van der Waals surface area contributed by atoms with Crippen LogP contribution in [0.25, 0.3) is 0 Å². The topological polar surface area (TPSA) is 57.6 Å². The Kier molecular flexibility index (Phi) is 4.46. The van der Waals surface area contributed by atoms with Gasteiger partial charge in [0, 0.05) is 13.0 Å². The maximum absolute atomic E-state index is 12.4. The maximum Gasteiger partial charge on any atom is 0.309 e. The zero-order chi connectivity index (χ0) is 15.5. The van der Waals surface area contributed by atoms with Crippen LogP contribution in [0.3, 0.4) is 0 Å². The van der Waals surface area contributed by atoms with Crippen LogP contribution in [0.1, 0.15) is 50.1 Å². The summed E-state index contributed by atoms with van der Waals surface area (Å²) in [5.41, 5.74) is 0.941. The van der Waals surface area contributed by atoms with E-state index in [-0.39, 0.29) is 18.4 Å². The molecular weight excluding hydrogens is 278 g/mol. The third kappa shape index (κ3) is 3.01. The molecule has 1 aliphatic heterocycles. The van der Waals surface area contributed by atoms with Gasteiger partial charge in [0.1, 0.15) is 0 Å². The van der Waals surface area contributed by atoms with Gasteiger partial charge in [0.05, 0.1) is 12.0 Å². The van der Waals surface area contributed by atoms with Crippen molar-refractivity contribution in [3.05, 3.63) is 35.9 Å². The van der Waals surface area contributed by atoms with Crippen molar-refractivity contribution in [3.8, 4) is 0 Å². The summed E-state index contributed by atoms with van der Waals surface area (Å²) in [6.45, 7) is 0.710. The first-order chi connectivity index (χ1) is 10.7. The van der Waals surface area contributed by atoms with Crippen molar-refractivity contribution >= 4 is 11.9 Å². The first kappa shape index (κ1) is 15.1. The lowest BCUT2D eigenvalue weighted by Crippen LogP contribution is -2.35. The van der Waals surface area contributed by atoms with Crippen molar-refractivity contribution in [2.45, 2.75) is 44.6 Å². The second-order valence-electron chi connectivity index (χ2n) is 6.55. The number of carboxylic acids is 1. The smallest absolute Gasteiger partial charge is 0.309 e. The number of rotatable bonds is 4. The molecule has 1 saturated carbocycles. The Bertz CT molecular complexity index is 537. The molecule has 22 heavy (non-hydrogen) atoms. The van der Waals surface area contributed by atoms with Gasteiger partial charge in [-0.3, -0.25) is 9.59 Å². The first-order valence-corrected chi connectivity index (χ1v) is 8.24. The maximum atomic E-state index is 12.4. The number of hydrogen-bond acceptors (Lipinski definition) is 2. The molecule has 1 aromatic carbocycles. The van der Waals surface area contributed by atoms with Crippen LogP contribution in [0.5, 0.6) is 0 Å². The highest BCUT2D eigenvalue weighted by Crippen LogP contribution is 2.40. The minimum absolute atomic E-state index is 0.00757. The van der Waals surface area contributed by atoms with E-state index in [1.54, 1.807) is 0 Å². The Balaban J connectivity index is 1.84. The molecule has 0 radical (unpaired) electrons. The third-order valence-electron chi connectivity index (χ3n) is 5.07. The summed E-state index contributed by atoms with van der Waals surface area (Å²) in [5.74, 6) is -0.977. The molecule has 1 aliphatic carbocycles. The molecule has 1 aromatic rings. The van der Waals surface area contributed by atoms with E-state index in [4.69, 9.17) is 0 Å². The number of carboxylic acid groups (broad SMARTS) is 1. The zero-order valence-corrected chi connectivity index (χ0v) is 12.8. The number of nitrogens with zero attached hydrogens (tertiary/aromatic N) is 1. The number of aliphatic carboxylic acids is 1. The van der Waals surface area contributed by atoms with Gasteiger partial charge in [-0.25, -0.2) is 0 Å². The standard InChI is InChI=1S/C18H23NO3/c20-16-11-15(18(21)22)17(14-9-5-2-6-10-14)19(16)12-13-7-3-1-4-8-13/h2,5-6,9-10,13,15,17H,1,3-4,7-8,11-12H2,(H,21,22)/t15-,17-/m1/s1. The van der Waals surface area contributed by atoms with E-state index in [0.29, 0.717) is 12.5 Å². The van der Waals surface area contributed by atoms with Crippen molar-refractivity contribution in [1.82, 2.24) is 4.90 Å². The van der Waals surface area contributed by atoms with E-state index in [9.17, 15) is 14.7 Å². The Morgan fingerprint density at radius 2 is 1.82 bits per heavy atom. The lowest BCUT2D eigenvalue weighted by Gasteiger charge is -2.32. The minimum Gasteiger partial charge on any atom is -0.481 e. The van der Waals surface area contributed by atoms with Crippen LogP contribution in [-0.4, -0.2) is 28.4 Å². The molecular formula is C18H23NO3. The van der Waals surface area contributed by atoms with Gasteiger partial charge < -0.3 is 10.0 Å². The fourth-order valence-electron chi connectivity index (χ4n) is 3.94. The fourth-order valence-corrected chi connectivity index (χ4v) is 3.94. The van der Waals surface area contributed by atoms with E-state index in [1.807, 2.05) is 35.2 Å². The third-order valence-corrected chi connectivity index (χ3v) is 5.07. The molecule has 4 nitrogen and oxygen atoms in total. The van der Waals surface area contributed by atoms with Crippen LogP contribution < -0.4 is 0 Å². The van der Waals surface area contributed by atoms with Crippen molar-refractivity contribution in [2.75, 3.05) is 6.54 Å². The van der Waals surface area contributed by atoms with Crippen molar-refractivity contribution in [2.24, 2.45) is 11.8 Å². The number of likely N-dealkylation sites (tertiary alicyclic amines) is 1. The van der Waals surface area contributed by atoms with Gasteiger partial charge in [-0.05, 0) is 24.3 Å². The fraction of sp³-hybridized carbons (Fsp3) is 0.556. The van der Waals surface area contributed by atoms with Gasteiger partial charge in [-0.1, -0.05) is 49.6 Å². The Morgan fingerprint density at radius 3 is 2.45 bits per heavy atom. The molecule has 2 fully saturated rings. The molecule has 0 aromatic heterocycles. The summed E-state index contributed by atoms with van der Waals surface area (Å²) in [6, 6.07) is 9.31. The number of carbonyl (C=O) groups is 2. The number of carbonyl (C=O) groups excluding carboxylic acids is 1. The van der Waals surface area contributed by atoms with Gasteiger partial charge in [0.25, 0.3) is 0 Å². The summed E-state index contributed by atoms with van der Waals surface area (Å²) in [7, 11) is 0. The SMILES string of the molecule is O=C(O)[C@@H]1CC(=O)N(CC2CCCCC2)[C@@H]1c1ccccc1. The van der Waals surface area contributed by atoms with Gasteiger partial charge in [-0.15, -0.1) is 0 Å². The average molecular weight is 301 g/mol. The van der Waals surface area contributed by atoms with Crippen LogP contribution >= 0.6 is 0 Å². The molecule has 0 unspecified atom stereocenters. The highest BCUT2D eigenvalue weighted by molar-refractivity contribution is 5.87. The van der Waals surface area contributed by atoms with Gasteiger partial charge >= 0.3 is 5.97 Å². The van der Waals surface area contributed by atoms with E-state index >= 15 is 0 Å². The summed E-state index contributed by atoms with van der Waals surface area (Å²) in [5, 5.41) is 9.51. The van der Waals surface area contributed by atoms with E-state index in [1.165, 1.54) is 19.3 Å². The largest absolute Gasteiger partial charge is 0.481 e. The van der Waals surface area contributed by atoms with Crippen LogP contribution in [0.4, 0.5) is 0 Å². The number of hydrogen-bond donors (Lipinski definition) is 1. The van der Waals surface area contributed by atoms with Crippen LogP contribution in [-0.2, 0) is 9.59 Å². The molecule has 118 valence electrons. The van der Waals surface area contributed by atoms with Crippen LogP contribution in [0.15, 0.2) is 30.3 Å². The summed E-state index contributed by atoms with van der Waals surface area (Å²) >= 11 is 0. The molecule has 3 rings (SSSR count). The number of benzene rings is 1. The molecule has 1 saturated heterocycles. The van der Waals surface area contributed by atoms with E-state index in [2.05, 4.69) is 0 Å². The second-order valence-corrected chi connectivity index (χ2v) is 6.55. The lowest BCUT2D eigenvalue weighted by atomic mass is 9.88. The van der Waals surface area contributed by atoms with E-state index < -0.39 is 11.9 Å². The minimum atomic E-state index is -0.867. The molecule has 2 aliphatic rings. The van der Waals surface area contributed by atoms with Crippen LogP contribution in [0.2, 0.25) is 0 Å². The molecule has 4 heteroatoms. The first-order valence-electron chi connectivity index (χ1n) is 8.24. The number of amides is 1. The summed E-state index contributed by atoms with van der Waals surface area (Å²) in [6.07, 6.45) is 6.17. The van der Waals surface area contributed by atoms with Crippen molar-refractivity contribution < 1.29 is 14.7 Å². The second kappa shape index (κ2) is 6.51. The molecule has 1 amide bonds. The molecule has 2 atom stereocenters. The molecule has 1 heterocycles. The van der Waals surface area contributed by atoms with Crippen molar-refractivity contribution in [1.29, 1.82) is 0 Å². The Hall–Kier alpha value is -1.84. The zero-order valence-electron chi connectivity index (χ0n) is 12.8. The van der Waals surface area contributed by atoms with Crippen molar-refractivity contribution in [3.63, 3.8) is 0 Å². The predicted octanol–water partition coefficient (Wildman–Crippen LogP) is 3.24. The molecule has 1 N–H and O–H groups in total. The van der Waals surface area contributed by atoms with Gasteiger partial charge in [0.2, 0.25) is 5.91 Å².